The molecule has 170 valence electrons. The lowest BCUT2D eigenvalue weighted by Gasteiger charge is -2.43. The molecule has 2 heterocycles. The monoisotopic (exact) mass is 452 g/mol. The summed E-state index contributed by atoms with van der Waals surface area (Å²) in [5.74, 6) is 1.18. The Balaban J connectivity index is 1.37. The number of hydrogen-bond acceptors (Lipinski definition) is 3. The summed E-state index contributed by atoms with van der Waals surface area (Å²) < 4.78 is 25.4. The van der Waals surface area contributed by atoms with E-state index in [-0.39, 0.29) is 12.1 Å². The van der Waals surface area contributed by atoms with E-state index in [0.29, 0.717) is 18.3 Å². The van der Waals surface area contributed by atoms with Crippen LogP contribution in [0.4, 0.5) is 0 Å². The number of rotatable bonds is 8. The highest BCUT2D eigenvalue weighted by Crippen LogP contribution is 2.68. The van der Waals surface area contributed by atoms with Crippen LogP contribution in [0.15, 0.2) is 60.7 Å². The van der Waals surface area contributed by atoms with Gasteiger partial charge in [0.15, 0.2) is 0 Å². The summed E-state index contributed by atoms with van der Waals surface area (Å²) in [4.78, 5) is 0. The average molecular weight is 453 g/mol. The van der Waals surface area contributed by atoms with Gasteiger partial charge in [-0.3, -0.25) is 9.09 Å². The third-order valence-corrected chi connectivity index (χ3v) is 10.4. The minimum Gasteiger partial charge on any atom is -0.389 e. The van der Waals surface area contributed by atoms with E-state index in [0.717, 1.165) is 19.5 Å². The lowest BCUT2D eigenvalue weighted by atomic mass is 9.91. The predicted molar refractivity (Wildman–Crippen MR) is 125 cm³/mol. The van der Waals surface area contributed by atoms with Gasteiger partial charge >= 0.3 is 7.67 Å². The SMILES string of the molecule is O=[P@]12O[C@@H]([C@@H](O)[C@@H](Cc3ccccc3)N1CC1CC1)[C@@H](Cc1ccccc1)N2CC1CC1. The summed E-state index contributed by atoms with van der Waals surface area (Å²) in [6, 6.07) is 20.5. The second-order valence-electron chi connectivity index (χ2n) is 10.2. The molecule has 2 saturated heterocycles. The standard InChI is InChI=1S/C26H33N2O3P/c29-25-23(15-19-7-3-1-4-8-19)27(17-21-11-12-21)32(30)28(18-22-13-14-22)24(26(25)31-32)16-20-9-5-2-6-10-20/h1-10,21-26,29H,11-18H2/t23-,24-,25+,26-,32+/m1/s1. The van der Waals surface area contributed by atoms with Crippen molar-refractivity contribution in [1.29, 1.82) is 0 Å². The normalized spacial score (nSPS) is 35.3. The Morgan fingerprint density at radius 3 is 1.75 bits per heavy atom. The number of benzene rings is 2. The Kier molecular flexibility index (Phi) is 5.52. The molecule has 2 aliphatic carbocycles. The summed E-state index contributed by atoms with van der Waals surface area (Å²) in [6.07, 6.45) is 5.17. The van der Waals surface area contributed by atoms with Crippen molar-refractivity contribution < 1.29 is 14.2 Å². The van der Waals surface area contributed by atoms with Gasteiger partial charge in [-0.25, -0.2) is 9.34 Å². The second kappa shape index (κ2) is 8.38. The summed E-state index contributed by atoms with van der Waals surface area (Å²) in [5, 5.41) is 11.6. The molecule has 6 heteroatoms. The van der Waals surface area contributed by atoms with E-state index in [2.05, 4.69) is 45.7 Å². The van der Waals surface area contributed by atoms with Crippen LogP contribution in [0, 0.1) is 11.8 Å². The summed E-state index contributed by atoms with van der Waals surface area (Å²) in [5.41, 5.74) is 2.39. The van der Waals surface area contributed by atoms with Crippen LogP contribution in [0.3, 0.4) is 0 Å². The molecule has 4 aliphatic rings. The third kappa shape index (κ3) is 3.99. The van der Waals surface area contributed by atoms with Crippen molar-refractivity contribution in [2.45, 2.75) is 62.8 Å². The van der Waals surface area contributed by atoms with Crippen molar-refractivity contribution in [1.82, 2.24) is 9.34 Å². The minimum atomic E-state index is -3.19. The van der Waals surface area contributed by atoms with E-state index >= 15 is 0 Å². The van der Waals surface area contributed by atoms with E-state index in [1.54, 1.807) is 0 Å². The van der Waals surface area contributed by atoms with Gasteiger partial charge in [0.05, 0.1) is 18.2 Å². The van der Waals surface area contributed by atoms with E-state index in [1.165, 1.54) is 36.8 Å². The molecule has 5 nitrogen and oxygen atoms in total. The fourth-order valence-electron chi connectivity index (χ4n) is 5.49. The molecule has 0 amide bonds. The molecule has 2 aliphatic heterocycles. The molecule has 2 aromatic carbocycles. The Hall–Kier alpha value is -1.49. The molecule has 0 aromatic heterocycles. The Morgan fingerprint density at radius 2 is 1.25 bits per heavy atom. The van der Waals surface area contributed by atoms with Crippen molar-refractivity contribution in [2.75, 3.05) is 13.1 Å². The van der Waals surface area contributed by atoms with Gasteiger partial charge in [-0.15, -0.1) is 0 Å². The summed E-state index contributed by atoms with van der Waals surface area (Å²) >= 11 is 0. The highest BCUT2D eigenvalue weighted by Gasteiger charge is 2.63. The maximum absolute atomic E-state index is 14.7. The Labute approximate surface area is 190 Å². The molecule has 2 aromatic rings. The van der Waals surface area contributed by atoms with Gasteiger partial charge in [-0.2, -0.15) is 0 Å². The van der Waals surface area contributed by atoms with Crippen molar-refractivity contribution >= 4 is 7.67 Å². The smallest absolute Gasteiger partial charge is 0.347 e. The predicted octanol–water partition coefficient (Wildman–Crippen LogP) is 4.51. The van der Waals surface area contributed by atoms with E-state index in [9.17, 15) is 9.67 Å². The van der Waals surface area contributed by atoms with Crippen LogP contribution in [-0.4, -0.2) is 51.8 Å². The average Bonchev–Trinajstić information content (AvgIpc) is 3.73. The van der Waals surface area contributed by atoms with Crippen LogP contribution in [0.1, 0.15) is 36.8 Å². The van der Waals surface area contributed by atoms with E-state index in [4.69, 9.17) is 4.52 Å². The lowest BCUT2D eigenvalue weighted by molar-refractivity contribution is -0.0368. The zero-order chi connectivity index (χ0) is 21.7. The number of aliphatic hydroxyl groups excluding tert-OH is 1. The van der Waals surface area contributed by atoms with Crippen LogP contribution in [-0.2, 0) is 21.9 Å². The highest BCUT2D eigenvalue weighted by atomic mass is 31.2. The molecule has 0 unspecified atom stereocenters. The second-order valence-corrected chi connectivity index (χ2v) is 12.4. The largest absolute Gasteiger partial charge is 0.389 e. The molecular weight excluding hydrogens is 419 g/mol. The molecule has 4 fully saturated rings. The summed E-state index contributed by atoms with van der Waals surface area (Å²) in [7, 11) is -3.19. The van der Waals surface area contributed by atoms with Gasteiger partial charge in [0.2, 0.25) is 0 Å². The summed E-state index contributed by atoms with van der Waals surface area (Å²) in [6.45, 7) is 1.58. The van der Waals surface area contributed by atoms with E-state index in [1.807, 2.05) is 24.3 Å². The molecular formula is C26H33N2O3P. The first-order chi connectivity index (χ1) is 15.6. The molecule has 32 heavy (non-hydrogen) atoms. The van der Waals surface area contributed by atoms with Crippen molar-refractivity contribution in [3.63, 3.8) is 0 Å². The van der Waals surface area contributed by atoms with Gasteiger partial charge in [-0.1, -0.05) is 60.7 Å². The van der Waals surface area contributed by atoms with Gasteiger partial charge in [0, 0.05) is 13.1 Å². The maximum Gasteiger partial charge on any atom is 0.347 e. The molecule has 2 bridgehead atoms. The third-order valence-electron chi connectivity index (χ3n) is 7.64. The molecule has 0 radical (unpaired) electrons. The molecule has 6 rings (SSSR count). The quantitative estimate of drug-likeness (QED) is 0.597. The first-order valence-electron chi connectivity index (χ1n) is 12.2. The lowest BCUT2D eigenvalue weighted by Crippen LogP contribution is -2.53. The van der Waals surface area contributed by atoms with Crippen LogP contribution in [0.2, 0.25) is 0 Å². The van der Waals surface area contributed by atoms with Crippen LogP contribution in [0.25, 0.3) is 0 Å². The fourth-order valence-corrected chi connectivity index (χ4v) is 8.67. The topological polar surface area (TPSA) is 53.0 Å². The van der Waals surface area contributed by atoms with Crippen LogP contribution in [0.5, 0.6) is 0 Å². The number of fused-ring (bicyclic) bond motifs is 2. The first-order valence-corrected chi connectivity index (χ1v) is 13.7. The number of nitrogens with zero attached hydrogens (tertiary/aromatic N) is 2. The number of hydrogen-bond donors (Lipinski definition) is 1. The zero-order valence-corrected chi connectivity index (χ0v) is 19.4. The van der Waals surface area contributed by atoms with Crippen LogP contribution >= 0.6 is 7.67 Å². The van der Waals surface area contributed by atoms with Crippen molar-refractivity contribution in [3.05, 3.63) is 71.8 Å². The van der Waals surface area contributed by atoms with E-state index < -0.39 is 19.9 Å². The maximum atomic E-state index is 14.7. The van der Waals surface area contributed by atoms with Gasteiger partial charge in [0.1, 0.15) is 6.10 Å². The van der Waals surface area contributed by atoms with Gasteiger partial charge in [-0.05, 0) is 61.5 Å². The van der Waals surface area contributed by atoms with Crippen LogP contribution < -0.4 is 0 Å². The molecule has 5 atom stereocenters. The first kappa shape index (κ1) is 21.1. The Bertz CT molecular complexity index is 940. The highest BCUT2D eigenvalue weighted by molar-refractivity contribution is 7.54. The van der Waals surface area contributed by atoms with Gasteiger partial charge in [0.25, 0.3) is 0 Å². The molecule has 2 saturated carbocycles. The minimum absolute atomic E-state index is 0.0543. The van der Waals surface area contributed by atoms with Crippen molar-refractivity contribution in [2.24, 2.45) is 11.8 Å². The van der Waals surface area contributed by atoms with Gasteiger partial charge < -0.3 is 5.11 Å². The van der Waals surface area contributed by atoms with Crippen molar-refractivity contribution in [3.8, 4) is 0 Å². The Morgan fingerprint density at radius 1 is 0.781 bits per heavy atom. The molecule has 0 spiro atoms. The zero-order valence-electron chi connectivity index (χ0n) is 18.5. The fraction of sp³-hybridized carbons (Fsp3) is 0.538. The number of aliphatic hydroxyl groups is 1. The molecule has 1 N–H and O–H groups in total.